The summed E-state index contributed by atoms with van der Waals surface area (Å²) in [6.45, 7) is 0.0731. The number of nitrogens with zero attached hydrogens (tertiary/aromatic N) is 2. The molecule has 0 saturated heterocycles. The molecule has 0 amide bonds. The number of aliphatic carboxylic acids is 1. The summed E-state index contributed by atoms with van der Waals surface area (Å²) in [5.74, 6) is 1.42. The minimum atomic E-state index is -1.01. The maximum absolute atomic E-state index is 11.7. The Morgan fingerprint density at radius 3 is 2.75 bits per heavy atom. The van der Waals surface area contributed by atoms with Gasteiger partial charge in [0.15, 0.2) is 5.78 Å². The number of hydrogen-bond acceptors (Lipinski definition) is 4. The van der Waals surface area contributed by atoms with E-state index in [1.807, 2.05) is 0 Å². The molecule has 0 atom stereocenters. The number of Topliss-reactive ketones (excluding diaryl/α,β-unsaturated/α-hetero) is 1. The molecule has 5 nitrogen and oxygen atoms in total. The van der Waals surface area contributed by atoms with Crippen molar-refractivity contribution < 1.29 is 14.7 Å². The summed E-state index contributed by atoms with van der Waals surface area (Å²) in [6.07, 6.45) is -0.0464. The van der Waals surface area contributed by atoms with Crippen molar-refractivity contribution in [1.29, 1.82) is 0 Å². The predicted molar refractivity (Wildman–Crippen MR) is 74.3 cm³/mol. The molecule has 2 rings (SSSR count). The first-order chi connectivity index (χ1) is 9.54. The van der Waals surface area contributed by atoms with Gasteiger partial charge in [0.25, 0.3) is 0 Å². The summed E-state index contributed by atoms with van der Waals surface area (Å²) in [5.41, 5.74) is 1.40. The van der Waals surface area contributed by atoms with Crippen molar-refractivity contribution in [2.45, 2.75) is 12.8 Å². The molecule has 6 heteroatoms. The van der Waals surface area contributed by atoms with E-state index >= 15 is 0 Å². The van der Waals surface area contributed by atoms with Gasteiger partial charge in [-0.15, -0.1) is 0 Å². The highest BCUT2D eigenvalue weighted by molar-refractivity contribution is 6.30. The number of carboxylic acid groups (broad SMARTS) is 1. The van der Waals surface area contributed by atoms with Crippen LogP contribution < -0.4 is 0 Å². The Morgan fingerprint density at radius 2 is 2.10 bits per heavy atom. The van der Waals surface area contributed by atoms with Gasteiger partial charge in [-0.3, -0.25) is 9.59 Å². The first-order valence-corrected chi connectivity index (χ1v) is 6.25. The van der Waals surface area contributed by atoms with Crippen LogP contribution in [0.2, 0.25) is 5.02 Å². The topological polar surface area (TPSA) is 70.0 Å². The van der Waals surface area contributed by atoms with Crippen molar-refractivity contribution in [1.82, 2.24) is 5.01 Å². The summed E-state index contributed by atoms with van der Waals surface area (Å²) in [5, 5.41) is 14.6. The Balaban J connectivity index is 2.20. The molecule has 20 heavy (non-hydrogen) atoms. The van der Waals surface area contributed by atoms with Crippen LogP contribution in [0.25, 0.3) is 0 Å². The summed E-state index contributed by atoms with van der Waals surface area (Å²) < 4.78 is 0. The molecule has 1 aromatic rings. The molecule has 0 aromatic heterocycles. The van der Waals surface area contributed by atoms with E-state index in [1.165, 1.54) is 5.01 Å². The van der Waals surface area contributed by atoms with Crippen LogP contribution in [0, 0.1) is 12.0 Å². The zero-order valence-electron chi connectivity index (χ0n) is 10.5. The second-order valence-corrected chi connectivity index (χ2v) is 4.62. The smallest absolute Gasteiger partial charge is 0.315 e. The first kappa shape index (κ1) is 14.1. The lowest BCUT2D eigenvalue weighted by molar-refractivity contribution is -0.135. The predicted octanol–water partition coefficient (Wildman–Crippen LogP) is 1.75. The van der Waals surface area contributed by atoms with Crippen LogP contribution in [0.4, 0.5) is 0 Å². The zero-order chi connectivity index (χ0) is 14.5. The fraction of sp³-hybridized carbons (Fsp3) is 0.214. The maximum atomic E-state index is 11.7. The van der Waals surface area contributed by atoms with Crippen molar-refractivity contribution in [2.24, 2.45) is 5.10 Å². The fourth-order valence-corrected chi connectivity index (χ4v) is 1.83. The number of halogens is 1. The molecule has 0 spiro atoms. The van der Waals surface area contributed by atoms with Crippen LogP contribution in [0.1, 0.15) is 18.4 Å². The number of ketones is 1. The largest absolute Gasteiger partial charge is 0.481 e. The Hall–Kier alpha value is -2.32. The van der Waals surface area contributed by atoms with E-state index in [-0.39, 0.29) is 25.2 Å². The van der Waals surface area contributed by atoms with Gasteiger partial charge in [0, 0.05) is 11.1 Å². The van der Waals surface area contributed by atoms with Crippen molar-refractivity contribution >= 4 is 29.1 Å². The van der Waals surface area contributed by atoms with Crippen LogP contribution in [-0.4, -0.2) is 34.1 Å². The molecule has 1 heterocycles. The quantitative estimate of drug-likeness (QED) is 0.843. The van der Waals surface area contributed by atoms with Crippen molar-refractivity contribution in [3.05, 3.63) is 34.9 Å². The summed E-state index contributed by atoms with van der Waals surface area (Å²) in [7, 11) is 0. The number of hydrogen-bond donors (Lipinski definition) is 1. The maximum Gasteiger partial charge on any atom is 0.315 e. The van der Waals surface area contributed by atoms with E-state index in [2.05, 4.69) is 17.1 Å². The van der Waals surface area contributed by atoms with Crippen LogP contribution >= 0.6 is 11.6 Å². The van der Waals surface area contributed by atoms with E-state index in [9.17, 15) is 9.59 Å². The Morgan fingerprint density at radius 1 is 1.40 bits per heavy atom. The van der Waals surface area contributed by atoms with E-state index in [4.69, 9.17) is 16.7 Å². The normalized spacial score (nSPS) is 14.3. The molecule has 0 radical (unpaired) electrons. The lowest BCUT2D eigenvalue weighted by Crippen LogP contribution is -2.30. The van der Waals surface area contributed by atoms with E-state index in [1.54, 1.807) is 24.3 Å². The van der Waals surface area contributed by atoms with E-state index < -0.39 is 5.97 Å². The summed E-state index contributed by atoms with van der Waals surface area (Å²) in [6, 6.07) is 9.57. The Bertz CT molecular complexity index is 626. The van der Waals surface area contributed by atoms with E-state index in [0.717, 1.165) is 5.56 Å². The minimum absolute atomic E-state index is 0.0189. The van der Waals surface area contributed by atoms with Gasteiger partial charge in [0.1, 0.15) is 13.0 Å². The lowest BCUT2D eigenvalue weighted by atomic mass is 10.0. The number of rotatable bonds is 2. The van der Waals surface area contributed by atoms with Crippen molar-refractivity contribution in [3.8, 4) is 12.0 Å². The molecule has 1 N–H and O–H groups in total. The molecule has 0 saturated carbocycles. The van der Waals surface area contributed by atoms with Gasteiger partial charge < -0.3 is 5.11 Å². The van der Waals surface area contributed by atoms with Gasteiger partial charge in [-0.25, -0.2) is 5.01 Å². The number of hydrazone groups is 1. The highest BCUT2D eigenvalue weighted by atomic mass is 35.5. The van der Waals surface area contributed by atoms with Gasteiger partial charge >= 0.3 is 5.97 Å². The molecule has 0 fully saturated rings. The van der Waals surface area contributed by atoms with Gasteiger partial charge in [0.05, 0.1) is 12.1 Å². The molecule has 1 aliphatic rings. The molecule has 0 bridgehead atoms. The molecule has 1 aromatic carbocycles. The zero-order valence-corrected chi connectivity index (χ0v) is 11.2. The fourth-order valence-electron chi connectivity index (χ4n) is 1.70. The number of carboxylic acids is 1. The molecule has 0 unspecified atom stereocenters. The van der Waals surface area contributed by atoms with Crippen LogP contribution in [-0.2, 0) is 9.59 Å². The second kappa shape index (κ2) is 6.22. The lowest BCUT2D eigenvalue weighted by Gasteiger charge is -2.19. The standard InChI is InChI=1S/C14H11ClN2O3/c15-11-5-3-10(4-6-11)13-8-12(18)9-17(16-13)7-1-2-14(19)20/h3-6H,2,8-9H2,(H,19,20). The third-order valence-corrected chi connectivity index (χ3v) is 2.81. The highest BCUT2D eigenvalue weighted by Gasteiger charge is 2.19. The number of carbonyl (C=O) groups is 2. The van der Waals surface area contributed by atoms with Gasteiger partial charge in [-0.05, 0) is 17.7 Å². The molecular formula is C14H11ClN2O3. The van der Waals surface area contributed by atoms with Crippen molar-refractivity contribution in [2.75, 3.05) is 6.54 Å². The summed E-state index contributed by atoms with van der Waals surface area (Å²) in [4.78, 5) is 22.1. The highest BCUT2D eigenvalue weighted by Crippen LogP contribution is 2.15. The third-order valence-electron chi connectivity index (χ3n) is 2.56. The van der Waals surface area contributed by atoms with Gasteiger partial charge in [0.2, 0.25) is 0 Å². The van der Waals surface area contributed by atoms with Crippen LogP contribution in [0.5, 0.6) is 0 Å². The van der Waals surface area contributed by atoms with Crippen molar-refractivity contribution in [3.63, 3.8) is 0 Å². The average Bonchev–Trinajstić information content (AvgIpc) is 2.38. The first-order valence-electron chi connectivity index (χ1n) is 5.87. The van der Waals surface area contributed by atoms with E-state index in [0.29, 0.717) is 10.7 Å². The monoisotopic (exact) mass is 290 g/mol. The molecule has 102 valence electrons. The number of benzene rings is 1. The van der Waals surface area contributed by atoms with Crippen LogP contribution in [0.15, 0.2) is 29.4 Å². The molecule has 0 aliphatic carbocycles. The second-order valence-electron chi connectivity index (χ2n) is 4.19. The SMILES string of the molecule is O=C(O)CC#CN1CC(=O)CC(c2ccc(Cl)cc2)=N1. The van der Waals surface area contributed by atoms with Gasteiger partial charge in [-0.2, -0.15) is 5.10 Å². The summed E-state index contributed by atoms with van der Waals surface area (Å²) >= 11 is 5.81. The third kappa shape index (κ3) is 3.84. The molecule has 1 aliphatic heterocycles. The Labute approximate surface area is 120 Å². The van der Waals surface area contributed by atoms with Gasteiger partial charge in [-0.1, -0.05) is 29.7 Å². The Kier molecular flexibility index (Phi) is 4.38. The van der Waals surface area contributed by atoms with Crippen LogP contribution in [0.3, 0.4) is 0 Å². The molecular weight excluding hydrogens is 280 g/mol. The minimum Gasteiger partial charge on any atom is -0.481 e. The average molecular weight is 291 g/mol. The number of carbonyl (C=O) groups excluding carboxylic acids is 1.